The first-order valence-corrected chi connectivity index (χ1v) is 7.78. The zero-order valence-corrected chi connectivity index (χ0v) is 12.1. The largest absolute Gasteiger partial charge is 0.499 e. The molecule has 0 radical (unpaired) electrons. The molecule has 0 fully saturated rings. The minimum atomic E-state index is 0.445. The Bertz CT molecular complexity index is 168. The summed E-state index contributed by atoms with van der Waals surface area (Å²) >= 11 is 0. The number of unbranched alkanes of at least 4 members (excludes halogenated alkanes) is 11. The van der Waals surface area contributed by atoms with Crippen LogP contribution in [0.4, 0.5) is 4.39 Å². The van der Waals surface area contributed by atoms with Crippen molar-refractivity contribution in [3.05, 3.63) is 12.6 Å². The van der Waals surface area contributed by atoms with Crippen molar-refractivity contribution in [2.75, 3.05) is 6.61 Å². The molecule has 0 saturated heterocycles. The van der Waals surface area contributed by atoms with Gasteiger partial charge in [0.15, 0.2) is 0 Å². The lowest BCUT2D eigenvalue weighted by molar-refractivity contribution is 0.236. The second-order valence-corrected chi connectivity index (χ2v) is 5.02. The molecule has 0 atom stereocenters. The van der Waals surface area contributed by atoms with Crippen LogP contribution in [-0.2, 0) is 4.74 Å². The molecular weight excluding hydrogens is 227 g/mol. The highest BCUT2D eigenvalue weighted by Gasteiger charge is 1.93. The van der Waals surface area contributed by atoms with E-state index in [1.165, 1.54) is 70.6 Å². The van der Waals surface area contributed by atoms with Crippen molar-refractivity contribution in [3.63, 3.8) is 0 Å². The van der Waals surface area contributed by atoms with Crippen molar-refractivity contribution in [2.45, 2.75) is 84.0 Å². The monoisotopic (exact) mass is 258 g/mol. The predicted molar refractivity (Wildman–Crippen MR) is 77.3 cm³/mol. The molecule has 0 spiro atoms. The van der Waals surface area contributed by atoms with Crippen molar-refractivity contribution in [1.29, 1.82) is 0 Å². The average Bonchev–Trinajstić information content (AvgIpc) is 2.39. The highest BCUT2D eigenvalue weighted by molar-refractivity contribution is 4.57. The summed E-state index contributed by atoms with van der Waals surface area (Å²) in [6.45, 7) is 2.91. The number of hydrogen-bond donors (Lipinski definition) is 0. The van der Waals surface area contributed by atoms with Crippen molar-refractivity contribution in [1.82, 2.24) is 0 Å². The van der Waals surface area contributed by atoms with E-state index in [1.807, 2.05) is 0 Å². The fraction of sp³-hybridized carbons (Fsp3) is 0.875. The molecule has 0 aliphatic heterocycles. The molecule has 2 heteroatoms. The minimum absolute atomic E-state index is 0.445. The quantitative estimate of drug-likeness (QED) is 0.268. The van der Waals surface area contributed by atoms with Crippen LogP contribution in [0, 0.1) is 0 Å². The first-order chi connectivity index (χ1) is 8.91. The number of hydrogen-bond acceptors (Lipinski definition) is 1. The van der Waals surface area contributed by atoms with Gasteiger partial charge in [-0.1, -0.05) is 77.6 Å². The summed E-state index contributed by atoms with van der Waals surface area (Å²) < 4.78 is 16.5. The Morgan fingerprint density at radius 1 is 0.722 bits per heavy atom. The maximum absolute atomic E-state index is 11.5. The number of halogens is 1. The lowest BCUT2D eigenvalue weighted by Gasteiger charge is -2.03. The maximum atomic E-state index is 11.5. The molecule has 0 rings (SSSR count). The zero-order valence-electron chi connectivity index (χ0n) is 12.1. The fourth-order valence-electron chi connectivity index (χ4n) is 2.13. The third-order valence-electron chi connectivity index (χ3n) is 3.26. The van der Waals surface area contributed by atoms with E-state index in [2.05, 4.69) is 6.92 Å². The van der Waals surface area contributed by atoms with Gasteiger partial charge in [0.25, 0.3) is 0 Å². The van der Waals surface area contributed by atoms with Gasteiger partial charge in [-0.2, -0.15) is 0 Å². The van der Waals surface area contributed by atoms with E-state index in [4.69, 9.17) is 4.74 Å². The van der Waals surface area contributed by atoms with E-state index in [0.29, 0.717) is 12.9 Å². The Morgan fingerprint density at radius 3 is 1.61 bits per heavy atom. The molecule has 0 aromatic heterocycles. The molecule has 0 N–H and O–H groups in total. The van der Waals surface area contributed by atoms with Gasteiger partial charge in [0, 0.05) is 0 Å². The van der Waals surface area contributed by atoms with Crippen molar-refractivity contribution in [3.8, 4) is 0 Å². The van der Waals surface area contributed by atoms with Crippen LogP contribution in [0.1, 0.15) is 84.0 Å². The summed E-state index contributed by atoms with van der Waals surface area (Å²) in [6, 6.07) is 0. The summed E-state index contributed by atoms with van der Waals surface area (Å²) in [5, 5.41) is 0. The average molecular weight is 258 g/mol. The third kappa shape index (κ3) is 15.5. The highest BCUT2D eigenvalue weighted by Crippen LogP contribution is 2.11. The molecule has 18 heavy (non-hydrogen) atoms. The third-order valence-corrected chi connectivity index (χ3v) is 3.26. The Labute approximate surface area is 113 Å². The van der Waals surface area contributed by atoms with Crippen LogP contribution in [0.5, 0.6) is 0 Å². The Hall–Kier alpha value is -0.530. The van der Waals surface area contributed by atoms with Gasteiger partial charge < -0.3 is 4.74 Å². The molecule has 0 bridgehead atoms. The smallest absolute Gasteiger partial charge is 0.121 e. The maximum Gasteiger partial charge on any atom is 0.121 e. The van der Waals surface area contributed by atoms with Crippen LogP contribution in [0.2, 0.25) is 0 Å². The summed E-state index contributed by atoms with van der Waals surface area (Å²) in [5.41, 5.74) is 0. The van der Waals surface area contributed by atoms with Crippen LogP contribution >= 0.6 is 0 Å². The minimum Gasteiger partial charge on any atom is -0.499 e. The molecule has 0 aliphatic carbocycles. The molecule has 0 aliphatic rings. The standard InChI is InChI=1S/C16H31FO/c1-2-3-4-5-6-7-8-9-10-11-12-13-15-18-16-14-17/h14,16H,2-13,15H2,1H3. The van der Waals surface area contributed by atoms with E-state index in [1.54, 1.807) is 0 Å². The van der Waals surface area contributed by atoms with Gasteiger partial charge in [0.05, 0.1) is 6.61 Å². The van der Waals surface area contributed by atoms with Crippen LogP contribution in [0.25, 0.3) is 0 Å². The summed E-state index contributed by atoms with van der Waals surface area (Å²) in [6.07, 6.45) is 17.6. The fourth-order valence-corrected chi connectivity index (χ4v) is 2.13. The summed E-state index contributed by atoms with van der Waals surface area (Å²) in [4.78, 5) is 0. The van der Waals surface area contributed by atoms with Crippen molar-refractivity contribution in [2.24, 2.45) is 0 Å². The molecule has 108 valence electrons. The van der Waals surface area contributed by atoms with E-state index in [0.717, 1.165) is 12.7 Å². The first kappa shape index (κ1) is 17.5. The van der Waals surface area contributed by atoms with Gasteiger partial charge in [0.2, 0.25) is 0 Å². The number of ether oxygens (including phenoxy) is 1. The van der Waals surface area contributed by atoms with E-state index in [9.17, 15) is 4.39 Å². The van der Waals surface area contributed by atoms with Gasteiger partial charge in [-0.3, -0.25) is 0 Å². The lowest BCUT2D eigenvalue weighted by Crippen LogP contribution is -1.88. The topological polar surface area (TPSA) is 9.23 Å². The van der Waals surface area contributed by atoms with E-state index >= 15 is 0 Å². The second kappa shape index (κ2) is 16.5. The predicted octanol–water partition coefficient (Wildman–Crippen LogP) is 6.14. The van der Waals surface area contributed by atoms with Crippen LogP contribution in [-0.4, -0.2) is 6.61 Å². The number of rotatable bonds is 14. The molecule has 0 amide bonds. The Morgan fingerprint density at radius 2 is 1.17 bits per heavy atom. The molecule has 0 unspecified atom stereocenters. The van der Waals surface area contributed by atoms with Crippen molar-refractivity contribution >= 4 is 0 Å². The molecule has 0 aromatic rings. The van der Waals surface area contributed by atoms with Gasteiger partial charge in [-0.05, 0) is 6.42 Å². The Kier molecular flexibility index (Phi) is 16.0. The normalized spacial score (nSPS) is 11.2. The molecule has 1 nitrogen and oxygen atoms in total. The van der Waals surface area contributed by atoms with Gasteiger partial charge in [-0.25, -0.2) is 4.39 Å². The lowest BCUT2D eigenvalue weighted by atomic mass is 10.1. The SMILES string of the molecule is CCCCCCCCCCCCCCOC=CF. The highest BCUT2D eigenvalue weighted by atomic mass is 19.1. The molecule has 0 saturated carbocycles. The molecular formula is C16H31FO. The summed E-state index contributed by atoms with van der Waals surface area (Å²) in [5.74, 6) is 0. The van der Waals surface area contributed by atoms with Gasteiger partial charge >= 0.3 is 0 Å². The second-order valence-electron chi connectivity index (χ2n) is 5.02. The molecule has 0 aromatic carbocycles. The van der Waals surface area contributed by atoms with Crippen LogP contribution < -0.4 is 0 Å². The van der Waals surface area contributed by atoms with E-state index in [-0.39, 0.29) is 0 Å². The van der Waals surface area contributed by atoms with Crippen molar-refractivity contribution < 1.29 is 9.13 Å². The molecule has 0 heterocycles. The van der Waals surface area contributed by atoms with Crippen LogP contribution in [0.15, 0.2) is 12.6 Å². The van der Waals surface area contributed by atoms with Crippen LogP contribution in [0.3, 0.4) is 0 Å². The zero-order chi connectivity index (χ0) is 13.3. The van der Waals surface area contributed by atoms with Gasteiger partial charge in [-0.15, -0.1) is 0 Å². The first-order valence-electron chi connectivity index (χ1n) is 7.78. The van der Waals surface area contributed by atoms with Gasteiger partial charge in [0.1, 0.15) is 12.6 Å². The summed E-state index contributed by atoms with van der Waals surface area (Å²) in [7, 11) is 0. The van der Waals surface area contributed by atoms with E-state index < -0.39 is 0 Å². The Balaban J connectivity index is 2.90.